The van der Waals surface area contributed by atoms with Crippen molar-refractivity contribution in [3.63, 3.8) is 0 Å². The minimum Gasteiger partial charge on any atom is -0.273 e. The van der Waals surface area contributed by atoms with Crippen molar-refractivity contribution in [2.75, 3.05) is 5.75 Å². The number of hydrogen-bond acceptors (Lipinski definition) is 3. The maximum absolute atomic E-state index is 11.9. The number of rotatable bonds is 5. The first-order valence-corrected chi connectivity index (χ1v) is 9.26. The van der Waals surface area contributed by atoms with Gasteiger partial charge in [-0.3, -0.25) is 4.79 Å². The summed E-state index contributed by atoms with van der Waals surface area (Å²) >= 11 is 1.72. The molecule has 0 bridgehead atoms. The predicted octanol–water partition coefficient (Wildman–Crippen LogP) is 4.69. The lowest BCUT2D eigenvalue weighted by Gasteiger charge is -2.10. The lowest BCUT2D eigenvalue weighted by molar-refractivity contribution is -0.120. The quantitative estimate of drug-likeness (QED) is 0.632. The second-order valence-corrected chi connectivity index (χ2v) is 7.06. The van der Waals surface area contributed by atoms with Crippen LogP contribution in [0.5, 0.6) is 0 Å². The topological polar surface area (TPSA) is 41.5 Å². The van der Waals surface area contributed by atoms with Crippen LogP contribution in [0.2, 0.25) is 0 Å². The summed E-state index contributed by atoms with van der Waals surface area (Å²) in [6.45, 7) is 2.08. The van der Waals surface area contributed by atoms with Crippen molar-refractivity contribution in [1.29, 1.82) is 0 Å². The Morgan fingerprint density at radius 3 is 2.41 bits per heavy atom. The number of amides is 1. The molecule has 0 heterocycles. The van der Waals surface area contributed by atoms with Crippen molar-refractivity contribution in [1.82, 2.24) is 5.43 Å². The minimum absolute atomic E-state index is 0.0224. The van der Waals surface area contributed by atoms with Crippen LogP contribution in [0.1, 0.15) is 56.9 Å². The Balaban J connectivity index is 1.67. The van der Waals surface area contributed by atoms with Gasteiger partial charge in [-0.15, -0.1) is 11.8 Å². The van der Waals surface area contributed by atoms with Crippen LogP contribution in [0.3, 0.4) is 0 Å². The molecular formula is C18H26N2OS. The predicted molar refractivity (Wildman–Crippen MR) is 94.4 cm³/mol. The molecule has 0 saturated heterocycles. The monoisotopic (exact) mass is 318 g/mol. The van der Waals surface area contributed by atoms with Gasteiger partial charge in [-0.2, -0.15) is 5.10 Å². The molecular weight excluding hydrogens is 292 g/mol. The fourth-order valence-corrected chi connectivity index (χ4v) is 3.37. The average molecular weight is 318 g/mol. The van der Waals surface area contributed by atoms with Crippen molar-refractivity contribution in [2.24, 2.45) is 5.10 Å². The number of benzene rings is 1. The molecule has 0 atom stereocenters. The molecule has 3 nitrogen and oxygen atoms in total. The molecule has 0 aliphatic heterocycles. The summed E-state index contributed by atoms with van der Waals surface area (Å²) in [7, 11) is 0. The van der Waals surface area contributed by atoms with Gasteiger partial charge in [-0.05, 0) is 44.7 Å². The van der Waals surface area contributed by atoms with E-state index in [0.717, 1.165) is 18.6 Å². The number of nitrogens with zero attached hydrogens (tertiary/aromatic N) is 1. The second kappa shape index (κ2) is 9.67. The summed E-state index contributed by atoms with van der Waals surface area (Å²) in [4.78, 5) is 13.1. The van der Waals surface area contributed by atoms with Crippen LogP contribution in [0.4, 0.5) is 0 Å². The number of hydrazone groups is 1. The van der Waals surface area contributed by atoms with Gasteiger partial charge in [0.2, 0.25) is 5.91 Å². The number of carbonyl (C=O) groups excluding carboxylic acids is 1. The molecule has 4 heteroatoms. The van der Waals surface area contributed by atoms with E-state index in [4.69, 9.17) is 0 Å². The van der Waals surface area contributed by atoms with Crippen molar-refractivity contribution in [2.45, 2.75) is 63.2 Å². The van der Waals surface area contributed by atoms with E-state index in [2.05, 4.69) is 41.7 Å². The number of nitrogens with one attached hydrogen (secondary N) is 1. The zero-order valence-electron chi connectivity index (χ0n) is 13.4. The van der Waals surface area contributed by atoms with Crippen molar-refractivity contribution in [3.8, 4) is 0 Å². The maximum Gasteiger partial charge on any atom is 0.240 e. The van der Waals surface area contributed by atoms with Crippen LogP contribution in [0.15, 0.2) is 34.3 Å². The van der Waals surface area contributed by atoms with Gasteiger partial charge in [0.15, 0.2) is 0 Å². The largest absolute Gasteiger partial charge is 0.273 e. The Kier molecular flexibility index (Phi) is 7.50. The third-order valence-electron chi connectivity index (χ3n) is 3.89. The van der Waals surface area contributed by atoms with E-state index in [1.54, 1.807) is 11.8 Å². The Morgan fingerprint density at radius 1 is 1.09 bits per heavy atom. The molecule has 1 amide bonds. The molecule has 22 heavy (non-hydrogen) atoms. The molecule has 0 radical (unpaired) electrons. The number of hydrogen-bond donors (Lipinski definition) is 1. The van der Waals surface area contributed by atoms with Crippen LogP contribution >= 0.6 is 11.8 Å². The molecule has 120 valence electrons. The van der Waals surface area contributed by atoms with Crippen LogP contribution < -0.4 is 5.43 Å². The van der Waals surface area contributed by atoms with E-state index < -0.39 is 0 Å². The normalized spacial score (nSPS) is 15.8. The number of thioether (sulfide) groups is 1. The zero-order chi connectivity index (χ0) is 15.6. The molecule has 2 rings (SSSR count). The molecule has 0 unspecified atom stereocenters. The molecule has 1 aliphatic carbocycles. The van der Waals surface area contributed by atoms with Crippen molar-refractivity contribution >= 4 is 23.4 Å². The van der Waals surface area contributed by atoms with E-state index in [1.165, 1.54) is 48.3 Å². The lowest BCUT2D eigenvalue weighted by atomic mass is 9.99. The average Bonchev–Trinajstić information content (AvgIpc) is 2.48. The standard InChI is InChI=1S/C18H26N2OS/c1-15-9-11-17(12-10-15)22-14-13-18(21)20-19-16-7-5-3-2-4-6-8-16/h9-12H,2-8,13-14H2,1H3,(H,20,21). The van der Waals surface area contributed by atoms with Gasteiger partial charge in [-0.1, -0.05) is 37.0 Å². The third-order valence-corrected chi connectivity index (χ3v) is 4.90. The van der Waals surface area contributed by atoms with E-state index in [9.17, 15) is 4.79 Å². The lowest BCUT2D eigenvalue weighted by Crippen LogP contribution is -2.20. The van der Waals surface area contributed by atoms with Gasteiger partial charge >= 0.3 is 0 Å². The molecule has 1 fully saturated rings. The first-order valence-electron chi connectivity index (χ1n) is 8.28. The van der Waals surface area contributed by atoms with E-state index >= 15 is 0 Å². The van der Waals surface area contributed by atoms with Crippen molar-refractivity contribution in [3.05, 3.63) is 29.8 Å². The smallest absolute Gasteiger partial charge is 0.240 e. The molecule has 1 aromatic rings. The molecule has 1 aliphatic rings. The fraction of sp³-hybridized carbons (Fsp3) is 0.556. The SMILES string of the molecule is Cc1ccc(SCCC(=O)NN=C2CCCCCCC2)cc1. The summed E-state index contributed by atoms with van der Waals surface area (Å²) in [6, 6.07) is 8.41. The highest BCUT2D eigenvalue weighted by molar-refractivity contribution is 7.99. The maximum atomic E-state index is 11.9. The molecule has 0 spiro atoms. The van der Waals surface area contributed by atoms with Gasteiger partial charge in [0.25, 0.3) is 0 Å². The van der Waals surface area contributed by atoms with Gasteiger partial charge in [-0.25, -0.2) is 5.43 Å². The molecule has 1 N–H and O–H groups in total. The highest BCUT2D eigenvalue weighted by Crippen LogP contribution is 2.19. The van der Waals surface area contributed by atoms with Crippen LogP contribution in [-0.4, -0.2) is 17.4 Å². The highest BCUT2D eigenvalue weighted by Gasteiger charge is 2.06. The van der Waals surface area contributed by atoms with Crippen LogP contribution in [-0.2, 0) is 4.79 Å². The van der Waals surface area contributed by atoms with Gasteiger partial charge in [0, 0.05) is 22.8 Å². The molecule has 1 saturated carbocycles. The van der Waals surface area contributed by atoms with Crippen molar-refractivity contribution < 1.29 is 4.79 Å². The second-order valence-electron chi connectivity index (χ2n) is 5.89. The first kappa shape index (κ1) is 17.1. The zero-order valence-corrected chi connectivity index (χ0v) is 14.3. The van der Waals surface area contributed by atoms with E-state index in [1.807, 2.05) is 0 Å². The first-order chi connectivity index (χ1) is 10.7. The fourth-order valence-electron chi connectivity index (χ4n) is 2.52. The minimum atomic E-state index is 0.0224. The van der Waals surface area contributed by atoms with Gasteiger partial charge in [0.05, 0.1) is 0 Å². The van der Waals surface area contributed by atoms with E-state index in [0.29, 0.717) is 6.42 Å². The third kappa shape index (κ3) is 6.65. The van der Waals surface area contributed by atoms with E-state index in [-0.39, 0.29) is 5.91 Å². The molecule has 0 aromatic heterocycles. The Hall–Kier alpha value is -1.29. The Morgan fingerprint density at radius 2 is 1.73 bits per heavy atom. The molecule has 1 aromatic carbocycles. The van der Waals surface area contributed by atoms with Crippen LogP contribution in [0.25, 0.3) is 0 Å². The summed E-state index contributed by atoms with van der Waals surface area (Å²) < 4.78 is 0. The van der Waals surface area contributed by atoms with Gasteiger partial charge < -0.3 is 0 Å². The summed E-state index contributed by atoms with van der Waals surface area (Å²) in [5, 5.41) is 4.33. The summed E-state index contributed by atoms with van der Waals surface area (Å²) in [5.74, 6) is 0.814. The number of aryl methyl sites for hydroxylation is 1. The Bertz CT molecular complexity index is 486. The van der Waals surface area contributed by atoms with Crippen LogP contribution in [0, 0.1) is 6.92 Å². The van der Waals surface area contributed by atoms with Gasteiger partial charge in [0.1, 0.15) is 0 Å². The number of carbonyl (C=O) groups is 1. The summed E-state index contributed by atoms with van der Waals surface area (Å²) in [6.07, 6.45) is 8.93. The Labute approximate surface area is 138 Å². The highest BCUT2D eigenvalue weighted by atomic mass is 32.2. The summed E-state index contributed by atoms with van der Waals surface area (Å²) in [5.41, 5.74) is 5.16.